The fraction of sp³-hybridized carbons (Fsp3) is 0.385. The van der Waals surface area contributed by atoms with Crippen molar-refractivity contribution in [2.24, 2.45) is 0 Å². The summed E-state index contributed by atoms with van der Waals surface area (Å²) in [6.45, 7) is 7.41. The second-order valence-electron chi connectivity index (χ2n) is 9.47. The zero-order valence-corrected chi connectivity index (χ0v) is 20.2. The molecule has 0 spiro atoms. The molecule has 2 saturated heterocycles. The van der Waals surface area contributed by atoms with Crippen LogP contribution in [0.25, 0.3) is 5.76 Å². The number of halogens is 1. The van der Waals surface area contributed by atoms with Crippen LogP contribution in [-0.4, -0.2) is 41.0 Å². The second-order valence-corrected chi connectivity index (χ2v) is 10.4. The maximum Gasteiger partial charge on any atom is 0.295 e. The number of benzene rings is 2. The molecule has 5 nitrogen and oxygen atoms in total. The van der Waals surface area contributed by atoms with Crippen LogP contribution < -0.4 is 0 Å². The van der Waals surface area contributed by atoms with E-state index in [0.29, 0.717) is 18.7 Å². The molecule has 0 saturated carbocycles. The number of ketones is 1. The number of likely N-dealkylation sites (tertiary alicyclic amines) is 1. The van der Waals surface area contributed by atoms with Gasteiger partial charge in [0.1, 0.15) is 5.76 Å². The fourth-order valence-electron chi connectivity index (χ4n) is 4.35. The van der Waals surface area contributed by atoms with Crippen LogP contribution in [0.2, 0.25) is 0 Å². The minimum absolute atomic E-state index is 0.0184. The Labute approximate surface area is 197 Å². The van der Waals surface area contributed by atoms with Crippen molar-refractivity contribution in [2.75, 3.05) is 13.2 Å². The first-order valence-electron chi connectivity index (χ1n) is 10.9. The van der Waals surface area contributed by atoms with Gasteiger partial charge >= 0.3 is 0 Å². The number of hydrogen-bond acceptors (Lipinski definition) is 4. The third kappa shape index (κ3) is 4.39. The first-order chi connectivity index (χ1) is 15.2. The Morgan fingerprint density at radius 1 is 1.09 bits per heavy atom. The number of ether oxygens (including phenoxy) is 1. The Kier molecular flexibility index (Phi) is 6.28. The molecule has 6 heteroatoms. The SMILES string of the molecule is CC(C)(C)c1ccc([C@H]2C(=C(O)c3ccc(Br)cc3)C(=O)C(=O)N2C[C@@H]2CCCO2)cc1. The van der Waals surface area contributed by atoms with E-state index in [2.05, 4.69) is 36.7 Å². The molecule has 0 aromatic heterocycles. The lowest BCUT2D eigenvalue weighted by Gasteiger charge is -2.28. The number of aliphatic hydroxyl groups excluding tert-OH is 1. The number of Topliss-reactive ketones (excluding diaryl/α,β-unsaturated/α-hetero) is 1. The maximum atomic E-state index is 13.1. The highest BCUT2D eigenvalue weighted by Crippen LogP contribution is 2.40. The summed E-state index contributed by atoms with van der Waals surface area (Å²) in [7, 11) is 0. The van der Waals surface area contributed by atoms with Crippen molar-refractivity contribution >= 4 is 33.4 Å². The number of carbonyl (C=O) groups excluding carboxylic acids is 2. The molecule has 2 aliphatic heterocycles. The molecule has 2 aromatic carbocycles. The molecule has 2 aliphatic rings. The van der Waals surface area contributed by atoms with E-state index in [1.807, 2.05) is 24.3 Å². The minimum Gasteiger partial charge on any atom is -0.507 e. The van der Waals surface area contributed by atoms with Crippen molar-refractivity contribution in [1.82, 2.24) is 4.90 Å². The van der Waals surface area contributed by atoms with E-state index in [1.165, 1.54) is 0 Å². The Balaban J connectivity index is 1.81. The molecule has 0 radical (unpaired) electrons. The molecule has 0 bridgehead atoms. The molecule has 0 aliphatic carbocycles. The monoisotopic (exact) mass is 497 g/mol. The lowest BCUT2D eigenvalue weighted by atomic mass is 9.85. The van der Waals surface area contributed by atoms with E-state index in [1.54, 1.807) is 29.2 Å². The lowest BCUT2D eigenvalue weighted by Crippen LogP contribution is -2.36. The highest BCUT2D eigenvalue weighted by molar-refractivity contribution is 9.10. The van der Waals surface area contributed by atoms with E-state index in [4.69, 9.17) is 4.74 Å². The van der Waals surface area contributed by atoms with E-state index >= 15 is 0 Å². The van der Waals surface area contributed by atoms with Gasteiger partial charge < -0.3 is 14.7 Å². The van der Waals surface area contributed by atoms with Crippen molar-refractivity contribution in [3.8, 4) is 0 Å². The summed E-state index contributed by atoms with van der Waals surface area (Å²) in [5, 5.41) is 11.1. The minimum atomic E-state index is -0.659. The number of aliphatic hydroxyl groups is 1. The van der Waals surface area contributed by atoms with Crippen LogP contribution in [0, 0.1) is 0 Å². The first kappa shape index (κ1) is 22.7. The largest absolute Gasteiger partial charge is 0.507 e. The van der Waals surface area contributed by atoms with Crippen LogP contribution in [0.1, 0.15) is 56.3 Å². The van der Waals surface area contributed by atoms with Crippen LogP contribution in [0.15, 0.2) is 58.6 Å². The first-order valence-corrected chi connectivity index (χ1v) is 11.7. The molecular weight excluding hydrogens is 470 g/mol. The van der Waals surface area contributed by atoms with Gasteiger partial charge in [-0.15, -0.1) is 0 Å². The van der Waals surface area contributed by atoms with E-state index in [-0.39, 0.29) is 22.9 Å². The third-order valence-electron chi connectivity index (χ3n) is 6.17. The predicted molar refractivity (Wildman–Crippen MR) is 127 cm³/mol. The third-order valence-corrected chi connectivity index (χ3v) is 6.70. The van der Waals surface area contributed by atoms with Crippen molar-refractivity contribution in [3.63, 3.8) is 0 Å². The Morgan fingerprint density at radius 2 is 1.75 bits per heavy atom. The summed E-state index contributed by atoms with van der Waals surface area (Å²) < 4.78 is 6.61. The van der Waals surface area contributed by atoms with Crippen LogP contribution in [0.5, 0.6) is 0 Å². The summed E-state index contributed by atoms with van der Waals surface area (Å²) in [6, 6.07) is 14.4. The quantitative estimate of drug-likeness (QED) is 0.351. The highest BCUT2D eigenvalue weighted by atomic mass is 79.9. The molecule has 32 heavy (non-hydrogen) atoms. The Bertz CT molecular complexity index is 1040. The molecule has 2 aromatic rings. The van der Waals surface area contributed by atoms with Crippen LogP contribution in [0.3, 0.4) is 0 Å². The fourth-order valence-corrected chi connectivity index (χ4v) is 4.62. The molecule has 4 rings (SSSR count). The molecular formula is C26H28BrNO4. The Hall–Kier alpha value is -2.44. The van der Waals surface area contributed by atoms with Crippen molar-refractivity contribution in [3.05, 3.63) is 75.3 Å². The van der Waals surface area contributed by atoms with Gasteiger partial charge in [-0.3, -0.25) is 9.59 Å². The van der Waals surface area contributed by atoms with Crippen LogP contribution in [-0.2, 0) is 19.7 Å². The van der Waals surface area contributed by atoms with Gasteiger partial charge in [0.05, 0.1) is 17.7 Å². The summed E-state index contributed by atoms with van der Waals surface area (Å²) in [5.74, 6) is -1.41. The van der Waals surface area contributed by atoms with Gasteiger partial charge in [0.2, 0.25) is 0 Å². The molecule has 168 valence electrons. The zero-order chi connectivity index (χ0) is 23.0. The van der Waals surface area contributed by atoms with Gasteiger partial charge in [-0.2, -0.15) is 0 Å². The number of nitrogens with zero attached hydrogens (tertiary/aromatic N) is 1. The van der Waals surface area contributed by atoms with Gasteiger partial charge in [-0.25, -0.2) is 0 Å². The average molecular weight is 498 g/mol. The zero-order valence-electron chi connectivity index (χ0n) is 18.6. The average Bonchev–Trinajstić information content (AvgIpc) is 3.36. The molecule has 1 amide bonds. The highest BCUT2D eigenvalue weighted by Gasteiger charge is 2.47. The molecule has 2 atom stereocenters. The Morgan fingerprint density at radius 3 is 2.31 bits per heavy atom. The number of amides is 1. The number of hydrogen-bond donors (Lipinski definition) is 1. The van der Waals surface area contributed by atoms with Gasteiger partial charge in [0.15, 0.2) is 0 Å². The van der Waals surface area contributed by atoms with Crippen LogP contribution >= 0.6 is 15.9 Å². The smallest absolute Gasteiger partial charge is 0.295 e. The van der Waals surface area contributed by atoms with Crippen molar-refractivity contribution < 1.29 is 19.4 Å². The molecule has 1 N–H and O–H groups in total. The summed E-state index contributed by atoms with van der Waals surface area (Å²) in [6.07, 6.45) is 1.70. The maximum absolute atomic E-state index is 13.1. The summed E-state index contributed by atoms with van der Waals surface area (Å²) in [5.41, 5.74) is 2.56. The molecule has 2 heterocycles. The van der Waals surface area contributed by atoms with Crippen molar-refractivity contribution in [2.45, 2.75) is 51.2 Å². The molecule has 0 unspecified atom stereocenters. The van der Waals surface area contributed by atoms with Gasteiger partial charge in [0.25, 0.3) is 11.7 Å². The van der Waals surface area contributed by atoms with E-state index < -0.39 is 17.7 Å². The number of rotatable bonds is 4. The second kappa shape index (κ2) is 8.83. The van der Waals surface area contributed by atoms with Crippen molar-refractivity contribution in [1.29, 1.82) is 0 Å². The van der Waals surface area contributed by atoms with E-state index in [0.717, 1.165) is 28.4 Å². The van der Waals surface area contributed by atoms with Gasteiger partial charge in [-0.1, -0.05) is 73.1 Å². The molecule has 2 fully saturated rings. The summed E-state index contributed by atoms with van der Waals surface area (Å²) in [4.78, 5) is 27.8. The summed E-state index contributed by atoms with van der Waals surface area (Å²) >= 11 is 3.39. The normalized spacial score (nSPS) is 23.2. The van der Waals surface area contributed by atoms with Crippen LogP contribution in [0.4, 0.5) is 0 Å². The number of carbonyl (C=O) groups is 2. The van der Waals surface area contributed by atoms with E-state index in [9.17, 15) is 14.7 Å². The standard InChI is InChI=1S/C26H28BrNO4/c1-26(2,3)18-10-6-16(7-11-18)22-21(23(29)17-8-12-19(27)13-9-17)24(30)25(31)28(22)15-20-5-4-14-32-20/h6-13,20,22,29H,4-5,14-15H2,1-3H3/t20-,22-/m0/s1. The van der Waals surface area contributed by atoms with Gasteiger partial charge in [0, 0.05) is 23.2 Å². The van der Waals surface area contributed by atoms with Gasteiger partial charge in [-0.05, 0) is 41.5 Å². The topological polar surface area (TPSA) is 66.8 Å². The predicted octanol–water partition coefficient (Wildman–Crippen LogP) is 5.35. The lowest BCUT2D eigenvalue weighted by molar-refractivity contribution is -0.140.